The van der Waals surface area contributed by atoms with E-state index in [1.54, 1.807) is 12.4 Å². The number of nitrogens with one attached hydrogen (secondary N) is 1. The van der Waals surface area contributed by atoms with Crippen molar-refractivity contribution >= 4 is 16.7 Å². The third-order valence-electron chi connectivity index (χ3n) is 3.57. The number of nitriles is 1. The first kappa shape index (κ1) is 11.1. The number of aromatic amines is 1. The molecule has 0 saturated carbocycles. The Labute approximate surface area is 105 Å². The van der Waals surface area contributed by atoms with Gasteiger partial charge in [0.2, 0.25) is 0 Å². The van der Waals surface area contributed by atoms with Gasteiger partial charge in [0.25, 0.3) is 0 Å². The summed E-state index contributed by atoms with van der Waals surface area (Å²) in [4.78, 5) is 9.43. The molecule has 92 valence electrons. The third-order valence-corrected chi connectivity index (χ3v) is 3.57. The minimum atomic E-state index is 0.149. The van der Waals surface area contributed by atoms with Gasteiger partial charge in [-0.1, -0.05) is 0 Å². The van der Waals surface area contributed by atoms with Gasteiger partial charge in [-0.15, -0.1) is 0 Å². The summed E-state index contributed by atoms with van der Waals surface area (Å²) in [6.45, 7) is 1.07. The Morgan fingerprint density at radius 2 is 2.50 bits per heavy atom. The zero-order chi connectivity index (χ0) is 12.5. The van der Waals surface area contributed by atoms with Gasteiger partial charge in [-0.25, -0.2) is 4.98 Å². The maximum absolute atomic E-state index is 9.42. The fourth-order valence-corrected chi connectivity index (χ4v) is 2.71. The number of hydrogen-bond acceptors (Lipinski definition) is 4. The molecule has 1 aliphatic heterocycles. The molecule has 3 rings (SSSR count). The van der Waals surface area contributed by atoms with Crippen LogP contribution in [0.4, 0.5) is 5.69 Å². The number of aromatic nitrogens is 2. The number of hydrogen-bond donors (Lipinski definition) is 2. The smallest absolute Gasteiger partial charge is 0.140 e. The highest BCUT2D eigenvalue weighted by Gasteiger charge is 2.26. The molecule has 0 radical (unpaired) electrons. The highest BCUT2D eigenvalue weighted by atomic mass is 16.3. The Kier molecular flexibility index (Phi) is 2.65. The number of fused-ring (bicyclic) bond motifs is 1. The van der Waals surface area contributed by atoms with Gasteiger partial charge in [-0.05, 0) is 18.9 Å². The Morgan fingerprint density at radius 1 is 1.61 bits per heavy atom. The molecule has 0 aliphatic carbocycles. The van der Waals surface area contributed by atoms with E-state index in [-0.39, 0.29) is 12.6 Å². The maximum atomic E-state index is 9.42. The Morgan fingerprint density at radius 3 is 3.28 bits per heavy atom. The summed E-state index contributed by atoms with van der Waals surface area (Å²) in [5.41, 5.74) is 2.33. The monoisotopic (exact) mass is 242 g/mol. The van der Waals surface area contributed by atoms with Crippen molar-refractivity contribution in [3.05, 3.63) is 24.0 Å². The molecule has 0 unspecified atom stereocenters. The molecule has 2 N–H and O–H groups in total. The van der Waals surface area contributed by atoms with Gasteiger partial charge in [0.1, 0.15) is 11.7 Å². The summed E-state index contributed by atoms with van der Waals surface area (Å²) >= 11 is 0. The van der Waals surface area contributed by atoms with E-state index < -0.39 is 0 Å². The van der Waals surface area contributed by atoms with Crippen LogP contribution in [0.15, 0.2) is 18.5 Å². The molecule has 3 heterocycles. The molecular formula is C13H14N4O. The van der Waals surface area contributed by atoms with Gasteiger partial charge >= 0.3 is 0 Å². The van der Waals surface area contributed by atoms with Crippen molar-refractivity contribution in [3.8, 4) is 6.07 Å². The van der Waals surface area contributed by atoms with E-state index in [1.165, 1.54) is 0 Å². The molecule has 0 amide bonds. The zero-order valence-corrected chi connectivity index (χ0v) is 9.93. The van der Waals surface area contributed by atoms with Crippen molar-refractivity contribution in [2.75, 3.05) is 18.1 Å². The van der Waals surface area contributed by atoms with Gasteiger partial charge < -0.3 is 15.0 Å². The molecule has 5 heteroatoms. The van der Waals surface area contributed by atoms with E-state index in [9.17, 15) is 5.11 Å². The summed E-state index contributed by atoms with van der Waals surface area (Å²) in [5, 5.41) is 19.4. The summed E-state index contributed by atoms with van der Waals surface area (Å²) in [6, 6.07) is 4.26. The van der Waals surface area contributed by atoms with Crippen LogP contribution < -0.4 is 4.90 Å². The number of aliphatic hydroxyl groups excluding tert-OH is 1. The van der Waals surface area contributed by atoms with E-state index in [4.69, 9.17) is 5.26 Å². The van der Waals surface area contributed by atoms with Gasteiger partial charge in [-0.3, -0.25) is 0 Å². The first-order valence-corrected chi connectivity index (χ1v) is 6.09. The van der Waals surface area contributed by atoms with Gasteiger partial charge in [0, 0.05) is 18.9 Å². The van der Waals surface area contributed by atoms with Gasteiger partial charge in [0.15, 0.2) is 0 Å². The second-order valence-corrected chi connectivity index (χ2v) is 4.54. The fraction of sp³-hybridized carbons (Fsp3) is 0.385. The SMILES string of the molecule is N#Cc1c[nH]c2nccc(N3CCC[C@@H]3CO)c12. The van der Waals surface area contributed by atoms with E-state index in [2.05, 4.69) is 20.9 Å². The lowest BCUT2D eigenvalue weighted by Crippen LogP contribution is -2.32. The molecule has 1 fully saturated rings. The van der Waals surface area contributed by atoms with Crippen LogP contribution in [0.5, 0.6) is 0 Å². The molecule has 2 aromatic heterocycles. The molecule has 0 spiro atoms. The number of pyridine rings is 1. The molecule has 0 bridgehead atoms. The van der Waals surface area contributed by atoms with Gasteiger partial charge in [0.05, 0.1) is 29.3 Å². The number of H-pyrrole nitrogens is 1. The average Bonchev–Trinajstić information content (AvgIpc) is 3.04. The Hall–Kier alpha value is -2.06. The second-order valence-electron chi connectivity index (χ2n) is 4.54. The van der Waals surface area contributed by atoms with Crippen molar-refractivity contribution in [3.63, 3.8) is 0 Å². The molecule has 1 atom stereocenters. The standard InChI is InChI=1S/C13H14N4O/c14-6-9-7-16-13-12(9)11(3-4-15-13)17-5-1-2-10(17)8-18/h3-4,7,10,18H,1-2,5,8H2,(H,15,16)/t10-/m1/s1. The minimum Gasteiger partial charge on any atom is -0.394 e. The largest absolute Gasteiger partial charge is 0.394 e. The quantitative estimate of drug-likeness (QED) is 0.834. The number of nitrogens with zero attached hydrogens (tertiary/aromatic N) is 3. The predicted molar refractivity (Wildman–Crippen MR) is 68.3 cm³/mol. The van der Waals surface area contributed by atoms with Crippen LogP contribution in [0.1, 0.15) is 18.4 Å². The summed E-state index contributed by atoms with van der Waals surface area (Å²) < 4.78 is 0. The zero-order valence-electron chi connectivity index (χ0n) is 9.93. The fourth-order valence-electron chi connectivity index (χ4n) is 2.71. The molecule has 0 aromatic carbocycles. The van der Waals surface area contributed by atoms with Crippen molar-refractivity contribution < 1.29 is 5.11 Å². The molecular weight excluding hydrogens is 228 g/mol. The maximum Gasteiger partial charge on any atom is 0.140 e. The van der Waals surface area contributed by atoms with E-state index >= 15 is 0 Å². The van der Waals surface area contributed by atoms with Crippen molar-refractivity contribution in [2.45, 2.75) is 18.9 Å². The predicted octanol–water partition coefficient (Wildman–Crippen LogP) is 1.40. The van der Waals surface area contributed by atoms with Crippen LogP contribution in [0.3, 0.4) is 0 Å². The highest BCUT2D eigenvalue weighted by Crippen LogP contribution is 2.32. The van der Waals surface area contributed by atoms with Crippen LogP contribution in [0.25, 0.3) is 11.0 Å². The average molecular weight is 242 g/mol. The van der Waals surface area contributed by atoms with Crippen LogP contribution in [0.2, 0.25) is 0 Å². The van der Waals surface area contributed by atoms with Crippen LogP contribution in [0, 0.1) is 11.3 Å². The number of rotatable bonds is 2. The summed E-state index contributed by atoms with van der Waals surface area (Å²) in [7, 11) is 0. The molecule has 5 nitrogen and oxygen atoms in total. The third kappa shape index (κ3) is 1.54. The number of aliphatic hydroxyl groups is 1. The molecule has 2 aromatic rings. The Balaban J connectivity index is 2.17. The summed E-state index contributed by atoms with van der Waals surface area (Å²) in [5.74, 6) is 0. The first-order chi connectivity index (χ1) is 8.85. The van der Waals surface area contributed by atoms with Crippen LogP contribution in [-0.4, -0.2) is 34.3 Å². The number of anilines is 1. The lowest BCUT2D eigenvalue weighted by Gasteiger charge is -2.25. The van der Waals surface area contributed by atoms with E-state index in [0.717, 1.165) is 36.1 Å². The molecule has 1 aliphatic rings. The van der Waals surface area contributed by atoms with Crippen molar-refractivity contribution in [1.29, 1.82) is 5.26 Å². The Bertz CT molecular complexity index is 613. The molecule has 1 saturated heterocycles. The molecule has 18 heavy (non-hydrogen) atoms. The highest BCUT2D eigenvalue weighted by molar-refractivity contribution is 5.95. The van der Waals surface area contributed by atoms with Crippen LogP contribution in [-0.2, 0) is 0 Å². The summed E-state index contributed by atoms with van der Waals surface area (Å²) in [6.07, 6.45) is 5.49. The minimum absolute atomic E-state index is 0.149. The lowest BCUT2D eigenvalue weighted by atomic mass is 10.1. The van der Waals surface area contributed by atoms with Crippen molar-refractivity contribution in [1.82, 2.24) is 9.97 Å². The van der Waals surface area contributed by atoms with E-state index in [0.29, 0.717) is 5.56 Å². The normalized spacial score (nSPS) is 19.3. The van der Waals surface area contributed by atoms with Crippen molar-refractivity contribution in [2.24, 2.45) is 0 Å². The first-order valence-electron chi connectivity index (χ1n) is 6.09. The van der Waals surface area contributed by atoms with Crippen LogP contribution >= 0.6 is 0 Å². The topological polar surface area (TPSA) is 75.9 Å². The van der Waals surface area contributed by atoms with E-state index in [1.807, 2.05) is 6.07 Å². The lowest BCUT2D eigenvalue weighted by molar-refractivity contribution is 0.266. The van der Waals surface area contributed by atoms with Gasteiger partial charge in [-0.2, -0.15) is 5.26 Å². The second kappa shape index (κ2) is 4.31.